The molecule has 1 aromatic rings. The van der Waals surface area contributed by atoms with E-state index in [2.05, 4.69) is 0 Å². The van der Waals surface area contributed by atoms with E-state index < -0.39 is 10.5 Å². The van der Waals surface area contributed by atoms with Crippen LogP contribution in [0.2, 0.25) is 0 Å². The Labute approximate surface area is 147 Å². The molecule has 25 heavy (non-hydrogen) atoms. The molecule has 0 spiro atoms. The van der Waals surface area contributed by atoms with Gasteiger partial charge in [0.15, 0.2) is 0 Å². The Morgan fingerprint density at radius 1 is 1.40 bits per heavy atom. The van der Waals surface area contributed by atoms with Crippen molar-refractivity contribution in [1.29, 1.82) is 0 Å². The number of benzene rings is 1. The highest BCUT2D eigenvalue weighted by atomic mass is 16.6. The third-order valence-corrected chi connectivity index (χ3v) is 4.61. The number of nitro groups is 1. The summed E-state index contributed by atoms with van der Waals surface area (Å²) in [5.74, 6) is 0. The van der Waals surface area contributed by atoms with Crippen LogP contribution in [0.5, 0.6) is 0 Å². The van der Waals surface area contributed by atoms with E-state index in [0.29, 0.717) is 44.0 Å². The second-order valence-electron chi connectivity index (χ2n) is 6.83. The Hall–Kier alpha value is -2.19. The third kappa shape index (κ3) is 4.26. The van der Waals surface area contributed by atoms with E-state index in [4.69, 9.17) is 4.74 Å². The number of rotatable bonds is 7. The molecule has 0 radical (unpaired) electrons. The van der Waals surface area contributed by atoms with E-state index in [1.54, 1.807) is 19.9 Å². The summed E-state index contributed by atoms with van der Waals surface area (Å²) in [5, 5.41) is 21.0. The van der Waals surface area contributed by atoms with Crippen LogP contribution in [0.4, 0.5) is 11.4 Å². The van der Waals surface area contributed by atoms with Crippen molar-refractivity contribution in [2.24, 2.45) is 0 Å². The predicted octanol–water partition coefficient (Wildman–Crippen LogP) is 1.47. The van der Waals surface area contributed by atoms with Crippen molar-refractivity contribution in [3.05, 3.63) is 33.4 Å². The molecule has 0 unspecified atom stereocenters. The zero-order valence-electron chi connectivity index (χ0n) is 14.9. The molecule has 0 atom stereocenters. The van der Waals surface area contributed by atoms with Crippen LogP contribution in [0, 0.1) is 17.0 Å². The molecule has 138 valence electrons. The number of hydrogen-bond donors (Lipinski definition) is 1. The number of nitrogens with zero attached hydrogens (tertiary/aromatic N) is 3. The number of nitro benzene ring substituents is 1. The van der Waals surface area contributed by atoms with Crippen LogP contribution in [-0.4, -0.2) is 59.8 Å². The zero-order valence-corrected chi connectivity index (χ0v) is 14.9. The van der Waals surface area contributed by atoms with Crippen LogP contribution >= 0.6 is 0 Å². The number of carbonyl (C=O) groups excluding carboxylic acids is 1. The Kier molecular flexibility index (Phi) is 5.97. The van der Waals surface area contributed by atoms with Gasteiger partial charge in [0.2, 0.25) is 6.41 Å². The molecule has 0 aliphatic carbocycles. The van der Waals surface area contributed by atoms with Gasteiger partial charge < -0.3 is 19.6 Å². The number of morpholine rings is 1. The van der Waals surface area contributed by atoms with Crippen molar-refractivity contribution in [3.8, 4) is 0 Å². The lowest BCUT2D eigenvalue weighted by molar-refractivity contribution is -0.384. The van der Waals surface area contributed by atoms with Crippen LogP contribution in [0.25, 0.3) is 0 Å². The molecule has 1 amide bonds. The fraction of sp³-hybridized carbons (Fsp3) is 0.588. The Bertz CT molecular complexity index is 641. The monoisotopic (exact) mass is 351 g/mol. The number of hydrogen-bond acceptors (Lipinski definition) is 6. The summed E-state index contributed by atoms with van der Waals surface area (Å²) < 4.78 is 5.31. The fourth-order valence-corrected chi connectivity index (χ4v) is 2.77. The molecule has 1 fully saturated rings. The summed E-state index contributed by atoms with van der Waals surface area (Å²) in [6.45, 7) is 7.67. The van der Waals surface area contributed by atoms with Crippen LogP contribution in [0.15, 0.2) is 12.1 Å². The number of amides is 1. The minimum Gasteiger partial charge on any atom is -0.394 e. The quantitative estimate of drug-likeness (QED) is 0.454. The number of aryl methyl sites for hydroxylation is 1. The molecular weight excluding hydrogens is 326 g/mol. The Morgan fingerprint density at radius 2 is 2.04 bits per heavy atom. The lowest BCUT2D eigenvalue weighted by Crippen LogP contribution is -2.45. The summed E-state index contributed by atoms with van der Waals surface area (Å²) >= 11 is 0. The van der Waals surface area contributed by atoms with Gasteiger partial charge in [-0.2, -0.15) is 0 Å². The van der Waals surface area contributed by atoms with Gasteiger partial charge in [0.05, 0.1) is 30.3 Å². The minimum absolute atomic E-state index is 0.0233. The van der Waals surface area contributed by atoms with E-state index in [9.17, 15) is 20.0 Å². The summed E-state index contributed by atoms with van der Waals surface area (Å²) in [5.41, 5.74) is 1.42. The standard InChI is InChI=1S/C17H25N3O5/c1-13-8-15(18-4-6-25-7-5-18)16(20(23)24)9-14(13)10-19(12-22)17(2,3)11-21/h8-9,12,21H,4-7,10-11H2,1-3H3. The molecule has 1 aromatic carbocycles. The molecule has 8 nitrogen and oxygen atoms in total. The molecule has 1 aliphatic heterocycles. The van der Waals surface area contributed by atoms with Gasteiger partial charge in [-0.1, -0.05) is 0 Å². The van der Waals surface area contributed by atoms with Gasteiger partial charge in [-0.25, -0.2) is 0 Å². The minimum atomic E-state index is -0.744. The van der Waals surface area contributed by atoms with Crippen LogP contribution < -0.4 is 4.90 Å². The Balaban J connectivity index is 2.38. The molecule has 8 heteroatoms. The van der Waals surface area contributed by atoms with Crippen molar-refractivity contribution in [2.75, 3.05) is 37.8 Å². The van der Waals surface area contributed by atoms with Gasteiger partial charge in [0, 0.05) is 25.7 Å². The molecule has 1 aliphatic rings. The highest BCUT2D eigenvalue weighted by Gasteiger charge is 2.28. The second kappa shape index (κ2) is 7.79. The lowest BCUT2D eigenvalue weighted by atomic mass is 10.0. The van der Waals surface area contributed by atoms with Crippen molar-refractivity contribution in [3.63, 3.8) is 0 Å². The number of ether oxygens (including phenoxy) is 1. The smallest absolute Gasteiger partial charge is 0.292 e. The first-order chi connectivity index (χ1) is 11.8. The van der Waals surface area contributed by atoms with E-state index in [0.717, 1.165) is 5.56 Å². The van der Waals surface area contributed by atoms with Crippen molar-refractivity contribution < 1.29 is 19.6 Å². The topological polar surface area (TPSA) is 96.2 Å². The van der Waals surface area contributed by atoms with Crippen molar-refractivity contribution in [2.45, 2.75) is 32.9 Å². The SMILES string of the molecule is Cc1cc(N2CCOCC2)c([N+](=O)[O-])cc1CN(C=O)C(C)(C)CO. The van der Waals surface area contributed by atoms with Crippen molar-refractivity contribution in [1.82, 2.24) is 4.90 Å². The molecule has 2 rings (SSSR count). The van der Waals surface area contributed by atoms with E-state index in [1.165, 1.54) is 11.0 Å². The maximum absolute atomic E-state index is 11.6. The highest BCUT2D eigenvalue weighted by molar-refractivity contribution is 5.66. The van der Waals surface area contributed by atoms with E-state index in [-0.39, 0.29) is 18.8 Å². The second-order valence-corrected chi connectivity index (χ2v) is 6.83. The average Bonchev–Trinajstić information content (AvgIpc) is 2.60. The summed E-state index contributed by atoms with van der Waals surface area (Å²) in [6.07, 6.45) is 0.664. The third-order valence-electron chi connectivity index (χ3n) is 4.61. The molecule has 0 saturated carbocycles. The highest BCUT2D eigenvalue weighted by Crippen LogP contribution is 2.33. The van der Waals surface area contributed by atoms with Crippen LogP contribution in [-0.2, 0) is 16.1 Å². The molecule has 1 heterocycles. The van der Waals surface area contributed by atoms with Gasteiger partial charge in [0.25, 0.3) is 5.69 Å². The number of anilines is 1. The molecule has 0 bridgehead atoms. The Morgan fingerprint density at radius 3 is 2.56 bits per heavy atom. The summed E-state index contributed by atoms with van der Waals surface area (Å²) in [6, 6.07) is 3.33. The van der Waals surface area contributed by atoms with E-state index in [1.807, 2.05) is 11.8 Å². The van der Waals surface area contributed by atoms with Gasteiger partial charge in [-0.05, 0) is 38.0 Å². The number of carbonyl (C=O) groups is 1. The van der Waals surface area contributed by atoms with Gasteiger partial charge in [-0.15, -0.1) is 0 Å². The zero-order chi connectivity index (χ0) is 18.6. The van der Waals surface area contributed by atoms with Gasteiger partial charge in [0.1, 0.15) is 5.69 Å². The molecule has 1 saturated heterocycles. The van der Waals surface area contributed by atoms with Crippen LogP contribution in [0.1, 0.15) is 25.0 Å². The summed E-state index contributed by atoms with van der Waals surface area (Å²) in [4.78, 5) is 26.0. The maximum Gasteiger partial charge on any atom is 0.292 e. The predicted molar refractivity (Wildman–Crippen MR) is 93.6 cm³/mol. The lowest BCUT2D eigenvalue weighted by Gasteiger charge is -2.34. The maximum atomic E-state index is 11.6. The van der Waals surface area contributed by atoms with Gasteiger partial charge in [-0.3, -0.25) is 14.9 Å². The largest absolute Gasteiger partial charge is 0.394 e. The molecule has 1 N–H and O–H groups in total. The fourth-order valence-electron chi connectivity index (χ4n) is 2.77. The summed E-state index contributed by atoms with van der Waals surface area (Å²) in [7, 11) is 0. The first-order valence-corrected chi connectivity index (χ1v) is 8.23. The van der Waals surface area contributed by atoms with Gasteiger partial charge >= 0.3 is 0 Å². The first kappa shape index (κ1) is 19.1. The van der Waals surface area contributed by atoms with Crippen molar-refractivity contribution >= 4 is 17.8 Å². The first-order valence-electron chi connectivity index (χ1n) is 8.23. The molecular formula is C17H25N3O5. The number of aliphatic hydroxyl groups excluding tert-OH is 1. The number of aliphatic hydroxyl groups is 1. The molecule has 0 aromatic heterocycles. The van der Waals surface area contributed by atoms with Crippen LogP contribution in [0.3, 0.4) is 0 Å². The average molecular weight is 351 g/mol. The normalized spacial score (nSPS) is 15.1. The van der Waals surface area contributed by atoms with E-state index >= 15 is 0 Å².